The minimum atomic E-state index is 0.465. The van der Waals surface area contributed by atoms with E-state index in [0.29, 0.717) is 12.1 Å². The van der Waals surface area contributed by atoms with Gasteiger partial charge in [-0.25, -0.2) is 0 Å². The Kier molecular flexibility index (Phi) is 3.44. The lowest BCUT2D eigenvalue weighted by Crippen LogP contribution is -2.39. The Bertz CT molecular complexity index is 371. The van der Waals surface area contributed by atoms with Crippen molar-refractivity contribution in [3.05, 3.63) is 35.4 Å². The van der Waals surface area contributed by atoms with E-state index in [-0.39, 0.29) is 0 Å². The highest BCUT2D eigenvalue weighted by molar-refractivity contribution is 5.30. The highest BCUT2D eigenvalue weighted by Gasteiger charge is 2.20. The van der Waals surface area contributed by atoms with E-state index in [2.05, 4.69) is 29.6 Å². The first-order chi connectivity index (χ1) is 8.42. The Morgan fingerprint density at radius 2 is 2.06 bits per heavy atom. The SMILES string of the molecule is c1ccc2c(c1)CC[C@H](NC[C@H]1CCCO1)C2. The summed E-state index contributed by atoms with van der Waals surface area (Å²) in [5.41, 5.74) is 3.08. The number of benzene rings is 1. The molecule has 1 fully saturated rings. The lowest BCUT2D eigenvalue weighted by molar-refractivity contribution is 0.107. The molecule has 17 heavy (non-hydrogen) atoms. The number of aryl methyl sites for hydroxylation is 1. The molecule has 2 atom stereocenters. The zero-order valence-corrected chi connectivity index (χ0v) is 10.3. The summed E-state index contributed by atoms with van der Waals surface area (Å²) in [5.74, 6) is 0. The van der Waals surface area contributed by atoms with E-state index < -0.39 is 0 Å². The van der Waals surface area contributed by atoms with Crippen molar-refractivity contribution in [1.82, 2.24) is 5.32 Å². The van der Waals surface area contributed by atoms with Crippen LogP contribution >= 0.6 is 0 Å². The fourth-order valence-electron chi connectivity index (χ4n) is 2.98. The molecule has 2 aliphatic rings. The van der Waals surface area contributed by atoms with Gasteiger partial charge in [0.15, 0.2) is 0 Å². The van der Waals surface area contributed by atoms with Crippen LogP contribution in [0.5, 0.6) is 0 Å². The van der Waals surface area contributed by atoms with Crippen LogP contribution in [0.4, 0.5) is 0 Å². The second-order valence-electron chi connectivity index (χ2n) is 5.25. The lowest BCUT2D eigenvalue weighted by Gasteiger charge is -2.26. The molecule has 0 spiro atoms. The van der Waals surface area contributed by atoms with Crippen molar-refractivity contribution >= 4 is 0 Å². The van der Waals surface area contributed by atoms with Crippen molar-refractivity contribution in [3.63, 3.8) is 0 Å². The largest absolute Gasteiger partial charge is 0.377 e. The third-order valence-electron chi connectivity index (χ3n) is 4.01. The first-order valence-electron chi connectivity index (χ1n) is 6.83. The van der Waals surface area contributed by atoms with Crippen LogP contribution in [-0.2, 0) is 17.6 Å². The Labute approximate surface area is 103 Å². The molecular weight excluding hydrogens is 210 g/mol. The number of nitrogens with one attached hydrogen (secondary N) is 1. The second-order valence-corrected chi connectivity index (χ2v) is 5.25. The number of fused-ring (bicyclic) bond motifs is 1. The van der Waals surface area contributed by atoms with E-state index >= 15 is 0 Å². The maximum absolute atomic E-state index is 5.65. The fraction of sp³-hybridized carbons (Fsp3) is 0.600. The minimum Gasteiger partial charge on any atom is -0.377 e. The van der Waals surface area contributed by atoms with Crippen molar-refractivity contribution in [3.8, 4) is 0 Å². The van der Waals surface area contributed by atoms with Crippen LogP contribution in [0.15, 0.2) is 24.3 Å². The average Bonchev–Trinajstić information content (AvgIpc) is 2.89. The molecule has 3 rings (SSSR count). The Balaban J connectivity index is 1.53. The molecule has 1 aliphatic heterocycles. The third kappa shape index (κ3) is 2.70. The van der Waals surface area contributed by atoms with E-state index in [1.807, 2.05) is 0 Å². The zero-order chi connectivity index (χ0) is 11.5. The molecule has 1 N–H and O–H groups in total. The molecule has 1 aromatic rings. The van der Waals surface area contributed by atoms with Gasteiger partial charge in [-0.3, -0.25) is 0 Å². The third-order valence-corrected chi connectivity index (χ3v) is 4.01. The van der Waals surface area contributed by atoms with E-state index in [0.717, 1.165) is 13.2 Å². The summed E-state index contributed by atoms with van der Waals surface area (Å²) in [7, 11) is 0. The van der Waals surface area contributed by atoms with Crippen LogP contribution in [-0.4, -0.2) is 25.3 Å². The van der Waals surface area contributed by atoms with Gasteiger partial charge in [0.05, 0.1) is 6.10 Å². The van der Waals surface area contributed by atoms with Gasteiger partial charge in [-0.05, 0) is 43.2 Å². The van der Waals surface area contributed by atoms with Gasteiger partial charge in [0.1, 0.15) is 0 Å². The average molecular weight is 231 g/mol. The quantitative estimate of drug-likeness (QED) is 0.862. The van der Waals surface area contributed by atoms with Gasteiger partial charge in [-0.15, -0.1) is 0 Å². The first-order valence-corrected chi connectivity index (χ1v) is 6.83. The monoisotopic (exact) mass is 231 g/mol. The molecule has 0 radical (unpaired) electrons. The summed E-state index contributed by atoms with van der Waals surface area (Å²) < 4.78 is 5.65. The molecule has 1 aromatic carbocycles. The maximum Gasteiger partial charge on any atom is 0.0700 e. The van der Waals surface area contributed by atoms with Gasteiger partial charge in [0, 0.05) is 19.2 Å². The second kappa shape index (κ2) is 5.19. The van der Waals surface area contributed by atoms with Gasteiger partial charge >= 0.3 is 0 Å². The molecule has 1 saturated heterocycles. The van der Waals surface area contributed by atoms with Crippen LogP contribution in [0.1, 0.15) is 30.4 Å². The van der Waals surface area contributed by atoms with Crippen molar-refractivity contribution in [2.45, 2.75) is 44.2 Å². The molecule has 2 nitrogen and oxygen atoms in total. The number of hydrogen-bond acceptors (Lipinski definition) is 2. The van der Waals surface area contributed by atoms with Gasteiger partial charge in [-0.1, -0.05) is 24.3 Å². The molecule has 0 unspecified atom stereocenters. The lowest BCUT2D eigenvalue weighted by atomic mass is 9.88. The van der Waals surface area contributed by atoms with Crippen LogP contribution in [0.2, 0.25) is 0 Å². The highest BCUT2D eigenvalue weighted by atomic mass is 16.5. The van der Waals surface area contributed by atoms with Gasteiger partial charge in [0.25, 0.3) is 0 Å². The van der Waals surface area contributed by atoms with Gasteiger partial charge < -0.3 is 10.1 Å². The number of hydrogen-bond donors (Lipinski definition) is 1. The summed E-state index contributed by atoms with van der Waals surface area (Å²) >= 11 is 0. The van der Waals surface area contributed by atoms with Crippen molar-refractivity contribution in [1.29, 1.82) is 0 Å². The standard InChI is InChI=1S/C15H21NO/c1-2-5-13-10-14(8-7-12(13)4-1)16-11-15-6-3-9-17-15/h1-2,4-5,14-16H,3,6-11H2/t14-,15+/m0/s1. The summed E-state index contributed by atoms with van der Waals surface area (Å²) in [6.07, 6.45) is 6.61. The molecular formula is C15H21NO. The molecule has 2 heteroatoms. The number of rotatable bonds is 3. The molecule has 1 heterocycles. The van der Waals surface area contributed by atoms with E-state index in [4.69, 9.17) is 4.74 Å². The number of ether oxygens (including phenoxy) is 1. The topological polar surface area (TPSA) is 21.3 Å². The van der Waals surface area contributed by atoms with Crippen LogP contribution in [0, 0.1) is 0 Å². The molecule has 0 aromatic heterocycles. The first kappa shape index (κ1) is 11.2. The predicted molar refractivity (Wildman–Crippen MR) is 69.2 cm³/mol. The molecule has 0 amide bonds. The fourth-order valence-corrected chi connectivity index (χ4v) is 2.98. The summed E-state index contributed by atoms with van der Waals surface area (Å²) in [6.45, 7) is 1.99. The minimum absolute atomic E-state index is 0.465. The van der Waals surface area contributed by atoms with E-state index in [9.17, 15) is 0 Å². The smallest absolute Gasteiger partial charge is 0.0700 e. The van der Waals surface area contributed by atoms with Crippen molar-refractivity contribution in [2.24, 2.45) is 0 Å². The summed E-state index contributed by atoms with van der Waals surface area (Å²) in [6, 6.07) is 9.50. The Morgan fingerprint density at radius 3 is 2.88 bits per heavy atom. The predicted octanol–water partition coefficient (Wildman–Crippen LogP) is 2.31. The van der Waals surface area contributed by atoms with Crippen LogP contribution < -0.4 is 5.32 Å². The summed E-state index contributed by atoms with van der Waals surface area (Å²) in [4.78, 5) is 0. The summed E-state index contributed by atoms with van der Waals surface area (Å²) in [5, 5.41) is 3.68. The Morgan fingerprint density at radius 1 is 1.18 bits per heavy atom. The zero-order valence-electron chi connectivity index (χ0n) is 10.3. The van der Waals surface area contributed by atoms with E-state index in [1.165, 1.54) is 37.7 Å². The van der Waals surface area contributed by atoms with Gasteiger partial charge in [0.2, 0.25) is 0 Å². The van der Waals surface area contributed by atoms with Gasteiger partial charge in [-0.2, -0.15) is 0 Å². The molecule has 92 valence electrons. The van der Waals surface area contributed by atoms with Crippen molar-refractivity contribution < 1.29 is 4.74 Å². The van der Waals surface area contributed by atoms with Crippen LogP contribution in [0.3, 0.4) is 0 Å². The molecule has 0 saturated carbocycles. The molecule has 0 bridgehead atoms. The van der Waals surface area contributed by atoms with E-state index in [1.54, 1.807) is 5.56 Å². The normalized spacial score (nSPS) is 28.0. The highest BCUT2D eigenvalue weighted by Crippen LogP contribution is 2.21. The van der Waals surface area contributed by atoms with Crippen molar-refractivity contribution in [2.75, 3.05) is 13.2 Å². The van der Waals surface area contributed by atoms with Crippen LogP contribution in [0.25, 0.3) is 0 Å². The maximum atomic E-state index is 5.65. The molecule has 1 aliphatic carbocycles. The Hall–Kier alpha value is -0.860.